The van der Waals surface area contributed by atoms with E-state index in [0.29, 0.717) is 0 Å². The number of fused-ring (bicyclic) bond motifs is 5. The van der Waals surface area contributed by atoms with Crippen molar-refractivity contribution in [1.82, 2.24) is 4.57 Å². The molecule has 2 heterocycles. The van der Waals surface area contributed by atoms with Gasteiger partial charge in [-0.3, -0.25) is 0 Å². The van der Waals surface area contributed by atoms with Crippen LogP contribution >= 0.6 is 0 Å². The van der Waals surface area contributed by atoms with E-state index < -0.39 is 0 Å². The van der Waals surface area contributed by atoms with Crippen molar-refractivity contribution in [3.8, 4) is 5.69 Å². The Bertz CT molecular complexity index is 1430. The van der Waals surface area contributed by atoms with Gasteiger partial charge in [0.05, 0.1) is 17.3 Å². The monoisotopic (exact) mass is 333 g/mol. The number of rotatable bonds is 1. The van der Waals surface area contributed by atoms with Crippen LogP contribution in [0.1, 0.15) is 0 Å². The molecule has 0 aliphatic heterocycles. The number of benzene rings is 4. The van der Waals surface area contributed by atoms with E-state index in [2.05, 4.69) is 83.4 Å². The summed E-state index contributed by atoms with van der Waals surface area (Å²) in [5, 5.41) is 6.10. The van der Waals surface area contributed by atoms with Crippen molar-refractivity contribution in [2.75, 3.05) is 0 Å². The van der Waals surface area contributed by atoms with Gasteiger partial charge in [-0.05, 0) is 47.2 Å². The Morgan fingerprint density at radius 2 is 1.42 bits per heavy atom. The first-order chi connectivity index (χ1) is 12.9. The standard InChI is InChI=1S/C24H15NO/c1-2-6-17-13-19(10-9-16(17)5-1)25-22-8-4-3-7-20(22)21-15-24-18(11-12-26-24)14-23(21)25/h1-15H. The molecular weight excluding hydrogens is 318 g/mol. The van der Waals surface area contributed by atoms with E-state index in [0.717, 1.165) is 11.0 Å². The third-order valence-electron chi connectivity index (χ3n) is 5.24. The van der Waals surface area contributed by atoms with Crippen LogP contribution in [0.15, 0.2) is 95.6 Å². The first-order valence-electron chi connectivity index (χ1n) is 8.78. The Hall–Kier alpha value is -3.52. The van der Waals surface area contributed by atoms with Crippen molar-refractivity contribution in [2.45, 2.75) is 0 Å². The normalized spacial score (nSPS) is 11.8. The fourth-order valence-corrected chi connectivity index (χ4v) is 4.02. The Kier molecular flexibility index (Phi) is 2.64. The highest BCUT2D eigenvalue weighted by molar-refractivity contribution is 6.13. The number of nitrogens with zero attached hydrogens (tertiary/aromatic N) is 1. The van der Waals surface area contributed by atoms with E-state index in [-0.39, 0.29) is 0 Å². The second-order valence-electron chi connectivity index (χ2n) is 6.71. The maximum absolute atomic E-state index is 5.64. The van der Waals surface area contributed by atoms with Gasteiger partial charge in [0.25, 0.3) is 0 Å². The number of furan rings is 1. The molecule has 0 saturated carbocycles. The predicted octanol–water partition coefficient (Wildman–Crippen LogP) is 6.68. The quantitative estimate of drug-likeness (QED) is 0.328. The summed E-state index contributed by atoms with van der Waals surface area (Å²) in [6.45, 7) is 0. The minimum atomic E-state index is 0.930. The molecule has 0 N–H and O–H groups in total. The molecule has 0 atom stereocenters. The number of para-hydroxylation sites is 1. The van der Waals surface area contributed by atoms with Gasteiger partial charge in [-0.25, -0.2) is 0 Å². The van der Waals surface area contributed by atoms with Crippen molar-refractivity contribution in [2.24, 2.45) is 0 Å². The van der Waals surface area contributed by atoms with Crippen LogP contribution in [-0.4, -0.2) is 4.57 Å². The minimum Gasteiger partial charge on any atom is -0.464 e. The molecule has 0 bridgehead atoms. The fourth-order valence-electron chi connectivity index (χ4n) is 4.02. The molecule has 0 radical (unpaired) electrons. The summed E-state index contributed by atoms with van der Waals surface area (Å²) in [5.74, 6) is 0. The summed E-state index contributed by atoms with van der Waals surface area (Å²) < 4.78 is 7.99. The van der Waals surface area contributed by atoms with Gasteiger partial charge in [0.1, 0.15) is 5.58 Å². The first kappa shape index (κ1) is 13.7. The molecule has 0 aliphatic carbocycles. The van der Waals surface area contributed by atoms with Crippen molar-refractivity contribution in [3.05, 3.63) is 91.2 Å². The van der Waals surface area contributed by atoms with E-state index >= 15 is 0 Å². The summed E-state index contributed by atoms with van der Waals surface area (Å²) in [5.41, 5.74) is 4.53. The lowest BCUT2D eigenvalue weighted by Gasteiger charge is -2.09. The zero-order valence-corrected chi connectivity index (χ0v) is 14.0. The highest BCUT2D eigenvalue weighted by atomic mass is 16.3. The summed E-state index contributed by atoms with van der Waals surface area (Å²) in [6.07, 6.45) is 1.76. The average Bonchev–Trinajstić information content (AvgIpc) is 3.27. The van der Waals surface area contributed by atoms with Crippen LogP contribution in [0.25, 0.3) is 49.2 Å². The van der Waals surface area contributed by atoms with Crippen LogP contribution in [-0.2, 0) is 0 Å². The average molecular weight is 333 g/mol. The van der Waals surface area contributed by atoms with Gasteiger partial charge in [-0.1, -0.05) is 48.5 Å². The summed E-state index contributed by atoms with van der Waals surface area (Å²) in [4.78, 5) is 0. The molecule has 26 heavy (non-hydrogen) atoms. The third-order valence-corrected chi connectivity index (χ3v) is 5.24. The predicted molar refractivity (Wildman–Crippen MR) is 108 cm³/mol. The zero-order chi connectivity index (χ0) is 17.1. The lowest BCUT2D eigenvalue weighted by Crippen LogP contribution is -1.93. The Labute approximate surface area is 149 Å². The molecule has 2 heteroatoms. The van der Waals surface area contributed by atoms with Crippen LogP contribution in [0.4, 0.5) is 0 Å². The molecule has 0 spiro atoms. The van der Waals surface area contributed by atoms with Crippen LogP contribution in [0.5, 0.6) is 0 Å². The molecule has 0 saturated heterocycles. The van der Waals surface area contributed by atoms with Gasteiger partial charge < -0.3 is 8.98 Å². The first-order valence-corrected chi connectivity index (χ1v) is 8.78. The van der Waals surface area contributed by atoms with Crippen molar-refractivity contribution in [1.29, 1.82) is 0 Å². The van der Waals surface area contributed by atoms with Crippen molar-refractivity contribution < 1.29 is 4.42 Å². The molecule has 122 valence electrons. The molecule has 2 aromatic heterocycles. The van der Waals surface area contributed by atoms with E-state index in [1.807, 2.05) is 6.07 Å². The Balaban J connectivity index is 1.79. The van der Waals surface area contributed by atoms with Gasteiger partial charge in [-0.15, -0.1) is 0 Å². The SMILES string of the molecule is c1ccc2cc(-n3c4ccccc4c4cc5occc5cc43)ccc2c1. The summed E-state index contributed by atoms with van der Waals surface area (Å²) >= 11 is 0. The van der Waals surface area contributed by atoms with Gasteiger partial charge in [0, 0.05) is 21.8 Å². The van der Waals surface area contributed by atoms with E-state index in [9.17, 15) is 0 Å². The molecule has 0 aliphatic rings. The summed E-state index contributed by atoms with van der Waals surface area (Å²) in [7, 11) is 0. The molecule has 4 aromatic carbocycles. The Morgan fingerprint density at radius 1 is 0.577 bits per heavy atom. The van der Waals surface area contributed by atoms with Gasteiger partial charge in [-0.2, -0.15) is 0 Å². The van der Waals surface area contributed by atoms with E-state index in [1.54, 1.807) is 6.26 Å². The van der Waals surface area contributed by atoms with Crippen LogP contribution in [0, 0.1) is 0 Å². The maximum atomic E-state index is 5.64. The molecule has 0 fully saturated rings. The second kappa shape index (κ2) is 4.99. The smallest absolute Gasteiger partial charge is 0.134 e. The summed E-state index contributed by atoms with van der Waals surface area (Å²) in [6, 6.07) is 30.1. The molecule has 2 nitrogen and oxygen atoms in total. The topological polar surface area (TPSA) is 18.1 Å². The number of hydrogen-bond acceptors (Lipinski definition) is 1. The molecular formula is C24H15NO. The maximum Gasteiger partial charge on any atom is 0.134 e. The molecule has 0 amide bonds. The van der Waals surface area contributed by atoms with Crippen LogP contribution in [0.3, 0.4) is 0 Å². The van der Waals surface area contributed by atoms with Crippen molar-refractivity contribution >= 4 is 43.5 Å². The third kappa shape index (κ3) is 1.81. The lowest BCUT2D eigenvalue weighted by atomic mass is 10.1. The number of aromatic nitrogens is 1. The lowest BCUT2D eigenvalue weighted by molar-refractivity contribution is 0.616. The second-order valence-corrected chi connectivity index (χ2v) is 6.71. The van der Waals surface area contributed by atoms with Gasteiger partial charge in [0.15, 0.2) is 0 Å². The van der Waals surface area contributed by atoms with E-state index in [4.69, 9.17) is 4.42 Å². The Morgan fingerprint density at radius 3 is 2.38 bits per heavy atom. The van der Waals surface area contributed by atoms with Gasteiger partial charge in [0.2, 0.25) is 0 Å². The van der Waals surface area contributed by atoms with Crippen LogP contribution in [0.2, 0.25) is 0 Å². The minimum absolute atomic E-state index is 0.930. The molecule has 0 unspecified atom stereocenters. The zero-order valence-electron chi connectivity index (χ0n) is 14.0. The fraction of sp³-hybridized carbons (Fsp3) is 0. The van der Waals surface area contributed by atoms with Crippen LogP contribution < -0.4 is 0 Å². The highest BCUT2D eigenvalue weighted by Crippen LogP contribution is 2.35. The van der Waals surface area contributed by atoms with E-state index in [1.165, 1.54) is 38.3 Å². The highest BCUT2D eigenvalue weighted by Gasteiger charge is 2.14. The molecule has 6 aromatic rings. The molecule has 6 rings (SSSR count). The van der Waals surface area contributed by atoms with Crippen molar-refractivity contribution in [3.63, 3.8) is 0 Å². The van der Waals surface area contributed by atoms with Gasteiger partial charge >= 0.3 is 0 Å². The largest absolute Gasteiger partial charge is 0.464 e. The number of hydrogen-bond donors (Lipinski definition) is 0.